The van der Waals surface area contributed by atoms with E-state index in [0.29, 0.717) is 6.54 Å². The molecular weight excluding hydrogens is 252 g/mol. The zero-order valence-corrected chi connectivity index (χ0v) is 13.5. The quantitative estimate of drug-likeness (QED) is 0.747. The highest BCUT2D eigenvalue weighted by Crippen LogP contribution is 2.22. The van der Waals surface area contributed by atoms with Crippen LogP contribution in [0.3, 0.4) is 0 Å². The highest BCUT2D eigenvalue weighted by molar-refractivity contribution is 5.48. The van der Waals surface area contributed by atoms with Crippen LogP contribution in [0, 0.1) is 0 Å². The minimum atomic E-state index is -0.721. The second-order valence-corrected chi connectivity index (χ2v) is 6.56. The van der Waals surface area contributed by atoms with Gasteiger partial charge in [0.1, 0.15) is 17.5 Å². The molecule has 3 N–H and O–H groups in total. The van der Waals surface area contributed by atoms with Crippen molar-refractivity contribution in [2.24, 2.45) is 0 Å². The van der Waals surface area contributed by atoms with Gasteiger partial charge in [-0.2, -0.15) is 0 Å². The van der Waals surface area contributed by atoms with Crippen molar-refractivity contribution in [3.8, 4) is 0 Å². The van der Waals surface area contributed by atoms with Gasteiger partial charge < -0.3 is 15.7 Å². The average Bonchev–Trinajstić information content (AvgIpc) is 2.35. The van der Waals surface area contributed by atoms with E-state index in [1.165, 1.54) is 0 Å². The minimum Gasteiger partial charge on any atom is -0.388 e. The molecule has 1 aromatic rings. The Morgan fingerprint density at radius 1 is 1.15 bits per heavy atom. The Morgan fingerprint density at radius 2 is 1.75 bits per heavy atom. The van der Waals surface area contributed by atoms with E-state index in [2.05, 4.69) is 48.3 Å². The van der Waals surface area contributed by atoms with E-state index >= 15 is 0 Å². The van der Waals surface area contributed by atoms with Gasteiger partial charge >= 0.3 is 0 Å². The van der Waals surface area contributed by atoms with E-state index in [1.54, 1.807) is 0 Å². The summed E-state index contributed by atoms with van der Waals surface area (Å²) in [4.78, 5) is 9.02. The molecule has 0 aromatic carbocycles. The zero-order valence-electron chi connectivity index (χ0n) is 13.5. The molecule has 0 aliphatic carbocycles. The van der Waals surface area contributed by atoms with Crippen molar-refractivity contribution in [2.75, 3.05) is 24.2 Å². The van der Waals surface area contributed by atoms with E-state index in [9.17, 15) is 5.11 Å². The van der Waals surface area contributed by atoms with Crippen molar-refractivity contribution < 1.29 is 5.11 Å². The SMILES string of the molecule is CCCC(C)(O)CNc1cc(NC)nc(C(C)(C)C)n1. The summed E-state index contributed by atoms with van der Waals surface area (Å²) in [6.07, 6.45) is 1.71. The summed E-state index contributed by atoms with van der Waals surface area (Å²) < 4.78 is 0. The lowest BCUT2D eigenvalue weighted by Crippen LogP contribution is -2.33. The lowest BCUT2D eigenvalue weighted by Gasteiger charge is -2.24. The third kappa shape index (κ3) is 4.96. The molecule has 0 aliphatic heterocycles. The van der Waals surface area contributed by atoms with Gasteiger partial charge in [-0.3, -0.25) is 0 Å². The van der Waals surface area contributed by atoms with Gasteiger partial charge in [-0.25, -0.2) is 9.97 Å². The van der Waals surface area contributed by atoms with Gasteiger partial charge in [0, 0.05) is 25.1 Å². The first kappa shape index (κ1) is 16.7. The summed E-state index contributed by atoms with van der Waals surface area (Å²) in [6, 6.07) is 1.86. The molecule has 1 atom stereocenters. The maximum atomic E-state index is 10.2. The Labute approximate surface area is 122 Å². The first-order valence-corrected chi connectivity index (χ1v) is 7.21. The summed E-state index contributed by atoms with van der Waals surface area (Å²) in [5.74, 6) is 2.30. The van der Waals surface area contributed by atoms with Gasteiger partial charge in [0.15, 0.2) is 0 Å². The second-order valence-electron chi connectivity index (χ2n) is 6.56. The number of aromatic nitrogens is 2. The lowest BCUT2D eigenvalue weighted by molar-refractivity contribution is 0.0636. The standard InChI is InChI=1S/C15H28N4O/c1-7-8-15(5,20)10-17-12-9-11(16-6)18-13(19-12)14(2,3)4/h9,20H,7-8,10H2,1-6H3,(H2,16,17,18,19). The topological polar surface area (TPSA) is 70.1 Å². The van der Waals surface area contributed by atoms with Crippen LogP contribution in [-0.4, -0.2) is 34.3 Å². The normalized spacial score (nSPS) is 14.8. The van der Waals surface area contributed by atoms with Crippen molar-refractivity contribution in [1.82, 2.24) is 9.97 Å². The summed E-state index contributed by atoms with van der Waals surface area (Å²) in [6.45, 7) is 10.6. The number of nitrogens with one attached hydrogen (secondary N) is 2. The van der Waals surface area contributed by atoms with E-state index in [-0.39, 0.29) is 5.41 Å². The van der Waals surface area contributed by atoms with Crippen LogP contribution in [-0.2, 0) is 5.41 Å². The van der Waals surface area contributed by atoms with Crippen molar-refractivity contribution in [3.05, 3.63) is 11.9 Å². The summed E-state index contributed by atoms with van der Waals surface area (Å²) >= 11 is 0. The minimum absolute atomic E-state index is 0.116. The van der Waals surface area contributed by atoms with E-state index < -0.39 is 5.60 Å². The van der Waals surface area contributed by atoms with Crippen LogP contribution in [0.5, 0.6) is 0 Å². The van der Waals surface area contributed by atoms with Crippen LogP contribution in [0.2, 0.25) is 0 Å². The van der Waals surface area contributed by atoms with Gasteiger partial charge in [0.25, 0.3) is 0 Å². The molecule has 1 rings (SSSR count). The van der Waals surface area contributed by atoms with Gasteiger partial charge in [-0.05, 0) is 13.3 Å². The predicted octanol–water partition coefficient (Wildman–Crippen LogP) is 2.78. The predicted molar refractivity (Wildman–Crippen MR) is 84.3 cm³/mol. The summed E-state index contributed by atoms with van der Waals surface area (Å²) in [5, 5.41) is 16.5. The van der Waals surface area contributed by atoms with Crippen molar-refractivity contribution in [1.29, 1.82) is 0 Å². The highest BCUT2D eigenvalue weighted by atomic mass is 16.3. The first-order chi connectivity index (χ1) is 9.18. The Hall–Kier alpha value is -1.36. The van der Waals surface area contributed by atoms with Gasteiger partial charge in [-0.1, -0.05) is 34.1 Å². The van der Waals surface area contributed by atoms with Crippen LogP contribution in [0.4, 0.5) is 11.6 Å². The van der Waals surface area contributed by atoms with Crippen LogP contribution in [0.1, 0.15) is 53.3 Å². The molecule has 0 spiro atoms. The fourth-order valence-electron chi connectivity index (χ4n) is 1.91. The molecule has 20 heavy (non-hydrogen) atoms. The average molecular weight is 280 g/mol. The zero-order chi connectivity index (χ0) is 15.4. The van der Waals surface area contributed by atoms with Crippen molar-refractivity contribution in [2.45, 2.75) is 58.5 Å². The molecule has 5 heteroatoms. The molecule has 0 saturated heterocycles. The monoisotopic (exact) mass is 280 g/mol. The highest BCUT2D eigenvalue weighted by Gasteiger charge is 2.21. The smallest absolute Gasteiger partial charge is 0.138 e. The molecule has 1 heterocycles. The van der Waals surface area contributed by atoms with Crippen molar-refractivity contribution >= 4 is 11.6 Å². The maximum absolute atomic E-state index is 10.2. The third-order valence-corrected chi connectivity index (χ3v) is 3.09. The molecule has 1 aromatic heterocycles. The molecule has 0 fully saturated rings. The molecule has 0 saturated carbocycles. The Morgan fingerprint density at radius 3 is 2.25 bits per heavy atom. The molecule has 1 unspecified atom stereocenters. The molecule has 5 nitrogen and oxygen atoms in total. The lowest BCUT2D eigenvalue weighted by atomic mass is 9.96. The fraction of sp³-hybridized carbons (Fsp3) is 0.733. The maximum Gasteiger partial charge on any atom is 0.138 e. The second kappa shape index (κ2) is 6.39. The van der Waals surface area contributed by atoms with Crippen LogP contribution >= 0.6 is 0 Å². The third-order valence-electron chi connectivity index (χ3n) is 3.09. The number of nitrogens with zero attached hydrogens (tertiary/aromatic N) is 2. The van der Waals surface area contributed by atoms with Gasteiger partial charge in [-0.15, -0.1) is 0 Å². The number of rotatable bonds is 6. The van der Waals surface area contributed by atoms with E-state index in [0.717, 1.165) is 30.3 Å². The van der Waals surface area contributed by atoms with Crippen LogP contribution < -0.4 is 10.6 Å². The molecule has 0 radical (unpaired) electrons. The van der Waals surface area contributed by atoms with Gasteiger partial charge in [0.05, 0.1) is 5.60 Å². The number of hydrogen-bond acceptors (Lipinski definition) is 5. The first-order valence-electron chi connectivity index (χ1n) is 7.21. The number of anilines is 2. The Bertz CT molecular complexity index is 438. The van der Waals surface area contributed by atoms with Crippen LogP contribution in [0.25, 0.3) is 0 Å². The van der Waals surface area contributed by atoms with E-state index in [1.807, 2.05) is 20.0 Å². The van der Waals surface area contributed by atoms with Crippen LogP contribution in [0.15, 0.2) is 6.07 Å². The molecule has 114 valence electrons. The molecular formula is C15H28N4O. The molecule has 0 amide bonds. The van der Waals surface area contributed by atoms with Gasteiger partial charge in [0.2, 0.25) is 0 Å². The number of hydrogen-bond donors (Lipinski definition) is 3. The Balaban J connectivity index is 2.90. The molecule has 0 bridgehead atoms. The molecule has 0 aliphatic rings. The largest absolute Gasteiger partial charge is 0.388 e. The Kier molecular flexibility index (Phi) is 5.34. The summed E-state index contributed by atoms with van der Waals surface area (Å²) in [5.41, 5.74) is -0.837. The summed E-state index contributed by atoms with van der Waals surface area (Å²) in [7, 11) is 1.84. The number of aliphatic hydroxyl groups is 1. The van der Waals surface area contributed by atoms with Crippen molar-refractivity contribution in [3.63, 3.8) is 0 Å². The van der Waals surface area contributed by atoms with E-state index in [4.69, 9.17) is 0 Å². The fourth-order valence-corrected chi connectivity index (χ4v) is 1.91.